The van der Waals surface area contributed by atoms with Gasteiger partial charge in [0, 0.05) is 10.0 Å². The Kier molecular flexibility index (Phi) is 3.54. The van der Waals surface area contributed by atoms with Crippen LogP contribution in [0.3, 0.4) is 0 Å². The molecule has 6 heteroatoms. The third-order valence-corrected chi connectivity index (χ3v) is 3.42. The van der Waals surface area contributed by atoms with E-state index in [0.29, 0.717) is 10.7 Å². The fourth-order valence-electron chi connectivity index (χ4n) is 1.38. The van der Waals surface area contributed by atoms with E-state index >= 15 is 0 Å². The second-order valence-electron chi connectivity index (χ2n) is 3.24. The van der Waals surface area contributed by atoms with Crippen LogP contribution >= 0.6 is 27.7 Å². The smallest absolute Gasteiger partial charge is 0.290 e. The summed E-state index contributed by atoms with van der Waals surface area (Å²) in [6, 6.07) is 5.45. The lowest BCUT2D eigenvalue weighted by Crippen LogP contribution is -2.17. The second-order valence-corrected chi connectivity index (χ2v) is 5.17. The fourth-order valence-corrected chi connectivity index (χ4v) is 2.43. The summed E-state index contributed by atoms with van der Waals surface area (Å²) in [7, 11) is 1.55. The Bertz CT molecular complexity index is 527. The monoisotopic (exact) mass is 313 g/mol. The molecule has 0 bridgehead atoms. The molecule has 1 saturated heterocycles. The molecule has 0 saturated carbocycles. The van der Waals surface area contributed by atoms with Gasteiger partial charge in [0.1, 0.15) is 5.75 Å². The summed E-state index contributed by atoms with van der Waals surface area (Å²) in [6.45, 7) is 0. The molecule has 1 aliphatic rings. The minimum absolute atomic E-state index is 0.352. The number of rotatable bonds is 2. The van der Waals surface area contributed by atoms with Crippen LogP contribution < -0.4 is 10.1 Å². The van der Waals surface area contributed by atoms with E-state index in [9.17, 15) is 9.59 Å². The highest BCUT2D eigenvalue weighted by Gasteiger charge is 2.25. The molecule has 0 atom stereocenters. The molecule has 2 rings (SSSR count). The Hall–Kier alpha value is -1.27. The van der Waals surface area contributed by atoms with Crippen LogP contribution in [-0.4, -0.2) is 18.3 Å². The number of hydrogen-bond donors (Lipinski definition) is 1. The maximum atomic E-state index is 11.4. The van der Waals surface area contributed by atoms with E-state index in [1.54, 1.807) is 19.3 Å². The van der Waals surface area contributed by atoms with E-state index in [1.807, 2.05) is 12.1 Å². The number of nitrogens with one attached hydrogen (secondary N) is 1. The van der Waals surface area contributed by atoms with E-state index in [-0.39, 0.29) is 11.1 Å². The van der Waals surface area contributed by atoms with E-state index in [0.717, 1.165) is 21.8 Å². The Morgan fingerprint density at radius 2 is 2.18 bits per heavy atom. The number of thioether (sulfide) groups is 1. The van der Waals surface area contributed by atoms with E-state index in [2.05, 4.69) is 21.2 Å². The quantitative estimate of drug-likeness (QED) is 0.853. The Morgan fingerprint density at radius 3 is 2.76 bits per heavy atom. The molecule has 1 aliphatic heterocycles. The standard InChI is InChI=1S/C11H8BrNO3S/c1-16-8-3-2-7(12)4-6(8)5-9-10(14)13-11(15)17-9/h2-5H,1H3,(H,13,14,15)/b9-5+. The van der Waals surface area contributed by atoms with Crippen LogP contribution in [0.25, 0.3) is 6.08 Å². The van der Waals surface area contributed by atoms with Crippen molar-refractivity contribution in [3.05, 3.63) is 33.1 Å². The van der Waals surface area contributed by atoms with Gasteiger partial charge in [0.15, 0.2) is 0 Å². The van der Waals surface area contributed by atoms with Crippen molar-refractivity contribution >= 4 is 44.9 Å². The summed E-state index contributed by atoms with van der Waals surface area (Å²) in [5.74, 6) is 0.274. The third kappa shape index (κ3) is 2.70. The minimum atomic E-state index is -0.373. The first-order valence-corrected chi connectivity index (χ1v) is 6.29. The molecule has 0 unspecified atom stereocenters. The van der Waals surface area contributed by atoms with Crippen molar-refractivity contribution in [3.63, 3.8) is 0 Å². The zero-order valence-corrected chi connectivity index (χ0v) is 11.2. The van der Waals surface area contributed by atoms with Crippen molar-refractivity contribution < 1.29 is 14.3 Å². The number of carbonyl (C=O) groups excluding carboxylic acids is 2. The molecule has 0 radical (unpaired) electrons. The van der Waals surface area contributed by atoms with Gasteiger partial charge in [0.2, 0.25) is 0 Å². The van der Waals surface area contributed by atoms with Crippen molar-refractivity contribution in [2.75, 3.05) is 7.11 Å². The van der Waals surface area contributed by atoms with Crippen LogP contribution in [0.2, 0.25) is 0 Å². The minimum Gasteiger partial charge on any atom is -0.496 e. The first-order valence-electron chi connectivity index (χ1n) is 4.68. The van der Waals surface area contributed by atoms with Gasteiger partial charge in [-0.05, 0) is 36.0 Å². The number of amides is 2. The molecule has 1 heterocycles. The van der Waals surface area contributed by atoms with Crippen LogP contribution in [0.15, 0.2) is 27.6 Å². The molecule has 2 amide bonds. The summed E-state index contributed by atoms with van der Waals surface area (Å²) in [5, 5.41) is 1.85. The number of methoxy groups -OCH3 is 1. The van der Waals surface area contributed by atoms with Gasteiger partial charge in [0.05, 0.1) is 12.0 Å². The highest BCUT2D eigenvalue weighted by molar-refractivity contribution is 9.10. The average molecular weight is 314 g/mol. The highest BCUT2D eigenvalue weighted by atomic mass is 79.9. The van der Waals surface area contributed by atoms with Crippen LogP contribution in [0, 0.1) is 0 Å². The topological polar surface area (TPSA) is 55.4 Å². The van der Waals surface area contributed by atoms with Gasteiger partial charge in [-0.25, -0.2) is 0 Å². The normalized spacial score (nSPS) is 17.4. The highest BCUT2D eigenvalue weighted by Crippen LogP contribution is 2.30. The maximum absolute atomic E-state index is 11.4. The molecule has 4 nitrogen and oxygen atoms in total. The SMILES string of the molecule is COc1ccc(Br)cc1/C=C1/SC(=O)NC1=O. The molecular formula is C11H8BrNO3S. The number of halogens is 1. The van der Waals surface area contributed by atoms with Crippen LogP contribution in [0.4, 0.5) is 4.79 Å². The van der Waals surface area contributed by atoms with Gasteiger partial charge in [-0.1, -0.05) is 15.9 Å². The summed E-state index contributed by atoms with van der Waals surface area (Å²) < 4.78 is 6.06. The molecule has 0 aliphatic carbocycles. The van der Waals surface area contributed by atoms with Crippen LogP contribution in [0.1, 0.15) is 5.56 Å². The number of hydrogen-bond acceptors (Lipinski definition) is 4. The van der Waals surface area contributed by atoms with Gasteiger partial charge >= 0.3 is 0 Å². The second kappa shape index (κ2) is 4.93. The number of benzene rings is 1. The molecule has 0 spiro atoms. The Morgan fingerprint density at radius 1 is 1.41 bits per heavy atom. The molecular weight excluding hydrogens is 306 g/mol. The van der Waals surface area contributed by atoms with Crippen molar-refractivity contribution in [2.24, 2.45) is 0 Å². The van der Waals surface area contributed by atoms with Gasteiger partial charge in [0.25, 0.3) is 11.1 Å². The van der Waals surface area contributed by atoms with Crippen molar-refractivity contribution in [1.29, 1.82) is 0 Å². The molecule has 88 valence electrons. The fraction of sp³-hybridized carbons (Fsp3) is 0.0909. The summed E-state index contributed by atoms with van der Waals surface area (Å²) in [4.78, 5) is 22.8. The summed E-state index contributed by atoms with van der Waals surface area (Å²) in [6.07, 6.45) is 1.63. The number of imide groups is 1. The Balaban J connectivity index is 2.41. The molecule has 17 heavy (non-hydrogen) atoms. The summed E-state index contributed by atoms with van der Waals surface area (Å²) in [5.41, 5.74) is 0.745. The van der Waals surface area contributed by atoms with Gasteiger partial charge in [-0.15, -0.1) is 0 Å². The molecule has 1 N–H and O–H groups in total. The van der Waals surface area contributed by atoms with Crippen molar-refractivity contribution in [3.8, 4) is 5.75 Å². The lowest BCUT2D eigenvalue weighted by atomic mass is 10.2. The number of carbonyl (C=O) groups is 2. The zero-order chi connectivity index (χ0) is 12.4. The largest absolute Gasteiger partial charge is 0.496 e. The molecule has 1 fully saturated rings. The maximum Gasteiger partial charge on any atom is 0.290 e. The van der Waals surface area contributed by atoms with E-state index < -0.39 is 0 Å². The van der Waals surface area contributed by atoms with Gasteiger partial charge < -0.3 is 4.74 Å². The molecule has 1 aromatic rings. The molecule has 1 aromatic carbocycles. The van der Waals surface area contributed by atoms with Gasteiger partial charge in [-0.2, -0.15) is 0 Å². The van der Waals surface area contributed by atoms with Crippen LogP contribution in [-0.2, 0) is 4.79 Å². The summed E-state index contributed by atoms with van der Waals surface area (Å²) >= 11 is 4.23. The first-order chi connectivity index (χ1) is 8.10. The predicted octanol–water partition coefficient (Wildman–Crippen LogP) is 2.78. The Labute approximate surface area is 111 Å². The third-order valence-electron chi connectivity index (χ3n) is 2.12. The van der Waals surface area contributed by atoms with Crippen LogP contribution in [0.5, 0.6) is 5.75 Å². The van der Waals surface area contributed by atoms with Crippen molar-refractivity contribution in [2.45, 2.75) is 0 Å². The van der Waals surface area contributed by atoms with Gasteiger partial charge in [-0.3, -0.25) is 14.9 Å². The average Bonchev–Trinajstić information content (AvgIpc) is 2.58. The predicted molar refractivity (Wildman–Crippen MR) is 69.8 cm³/mol. The molecule has 0 aromatic heterocycles. The lowest BCUT2D eigenvalue weighted by Gasteiger charge is -2.05. The zero-order valence-electron chi connectivity index (χ0n) is 8.82. The number of ether oxygens (including phenoxy) is 1. The lowest BCUT2D eigenvalue weighted by molar-refractivity contribution is -0.115. The van der Waals surface area contributed by atoms with E-state index in [4.69, 9.17) is 4.74 Å². The van der Waals surface area contributed by atoms with Crippen molar-refractivity contribution in [1.82, 2.24) is 5.32 Å². The van der Waals surface area contributed by atoms with E-state index in [1.165, 1.54) is 0 Å². The first kappa shape index (κ1) is 12.2.